The number of amidine groups is 4. The minimum atomic E-state index is -5.83. The number of benzene rings is 8. The first-order valence-corrected chi connectivity index (χ1v) is 36.3. The summed E-state index contributed by atoms with van der Waals surface area (Å²) >= 11 is -5.04. The molecule has 2 aromatic heterocycles. The van der Waals surface area contributed by atoms with Gasteiger partial charge in [-0.05, 0) is 0 Å². The normalized spacial score (nSPS) is 13.8. The zero-order valence-electron chi connectivity index (χ0n) is 48.3. The quantitative estimate of drug-likeness (QED) is 0.0180. The van der Waals surface area contributed by atoms with E-state index in [-0.39, 0.29) is 105 Å². The van der Waals surface area contributed by atoms with E-state index in [1.54, 1.807) is 43.2 Å². The average Bonchev–Trinajstić information content (AvgIpc) is 1.53. The standard InChI is InChI=1S/C64H48N8O10S2.In.H2O4S/c1-5-9-25-77-53-41-17-13-15-19-43(41)55(79-27-11-7-3)51-49(53)62-68-58-46-32-36-22-24-40(84(74,75)76)30-38(36)34-48(46)60(66-58)70-64-52-50(54(78-26-10-6-2)42-18-14-16-20-44(42)56(52)80-28-12-8-4)61(72-64)67-57-45-31-35-21-23-39(83-82-81-73)29-37(35)33-47(45)59(65-57)69-63(51)71-62;;1-5(2,3)4/h13-24,29-34H,5,8-9,12,25-28H2,1-4H3,(H2-2,65,66,67,68,69,70,71,72,73,74,75,76);;(H2,1,2,3,4)/q-2;+3;/p-1. The van der Waals surface area contributed by atoms with Crippen molar-refractivity contribution in [3.8, 4) is 46.7 Å². The SMILES string of the molecule is CC#CCOc1c2ccccc2c(OCCCC)c2c3[n]4c(c12)N=C1N=C(N=c2c5c(OCC#CC)c6ccccc6c(OCCCC)c5c([n]2[In]4[O]S(=O)(=O)O)=NC2=NC(=N3)c3cc4cc(S(=O)(=O)O)ccc4cc32)c2cc3cc(SOOO)ccc3cc21. The second-order valence-electron chi connectivity index (χ2n) is 21.1. The molecule has 4 aliphatic rings. The molecule has 26 heteroatoms. The molecule has 0 spiro atoms. The van der Waals surface area contributed by atoms with Gasteiger partial charge in [0.1, 0.15) is 0 Å². The molecule has 10 aromatic rings. The van der Waals surface area contributed by atoms with Gasteiger partial charge < -0.3 is 0 Å². The molecule has 22 nitrogen and oxygen atoms in total. The van der Waals surface area contributed by atoms with Crippen molar-refractivity contribution in [1.29, 1.82) is 0 Å². The van der Waals surface area contributed by atoms with Crippen LogP contribution in [0.3, 0.4) is 0 Å². The molecule has 0 fully saturated rings. The van der Waals surface area contributed by atoms with Crippen LogP contribution in [-0.4, -0.2) is 109 Å². The number of nitrogens with zero attached hydrogens (tertiary/aromatic N) is 8. The number of hydrogen-bond acceptors (Lipinski definition) is 19. The molecule has 3 N–H and O–H groups in total. The molecular weight excluding hydrogens is 1320 g/mol. The molecular formula is C64H49InN8O14S3. The molecule has 0 radical (unpaired) electrons. The van der Waals surface area contributed by atoms with Crippen LogP contribution in [0.15, 0.2) is 149 Å². The molecule has 0 unspecified atom stereocenters. The summed E-state index contributed by atoms with van der Waals surface area (Å²) in [6, 6.07) is 31.9. The average molecular weight is 1370 g/mol. The Balaban J connectivity index is 1.28. The third kappa shape index (κ3) is 10.2. The second-order valence-corrected chi connectivity index (χ2v) is 30.8. The number of aliphatic imine (C=N–C) groups is 4. The molecule has 4 aliphatic heterocycles. The number of unbranched alkanes of at least 4 members (excludes halogenated alkanes) is 2. The Morgan fingerprint density at radius 3 is 1.43 bits per heavy atom. The van der Waals surface area contributed by atoms with Crippen molar-refractivity contribution in [3.63, 3.8) is 0 Å². The van der Waals surface area contributed by atoms with E-state index in [1.807, 2.05) is 86.6 Å². The molecule has 450 valence electrons. The summed E-state index contributed by atoms with van der Waals surface area (Å²) in [5.74, 6) is 13.5. The van der Waals surface area contributed by atoms with Gasteiger partial charge in [0, 0.05) is 0 Å². The Bertz CT molecular complexity index is 5450. The number of rotatable bonds is 18. The van der Waals surface area contributed by atoms with Gasteiger partial charge in [0.25, 0.3) is 0 Å². The van der Waals surface area contributed by atoms with Crippen molar-refractivity contribution >= 4 is 155 Å². The van der Waals surface area contributed by atoms with Crippen LogP contribution in [0.2, 0.25) is 0 Å². The Hall–Kier alpha value is -8.64. The zero-order valence-corrected chi connectivity index (χ0v) is 54.0. The third-order valence-corrected chi connectivity index (χ3v) is 26.4. The monoisotopic (exact) mass is 1360 g/mol. The topological polar surface area (TPSA) is 278 Å². The molecule has 0 amide bonds. The van der Waals surface area contributed by atoms with Gasteiger partial charge in [-0.25, -0.2) is 5.26 Å². The van der Waals surface area contributed by atoms with E-state index in [0.29, 0.717) is 94.6 Å². The Kier molecular flexibility index (Phi) is 15.5. The van der Waals surface area contributed by atoms with E-state index >= 15 is 0 Å². The van der Waals surface area contributed by atoms with Crippen molar-refractivity contribution in [3.05, 3.63) is 142 Å². The van der Waals surface area contributed by atoms with Crippen LogP contribution in [0.5, 0.6) is 23.0 Å². The maximum atomic E-state index is 14.4. The number of aromatic nitrogens is 2. The molecule has 6 bridgehead atoms. The Labute approximate surface area is 526 Å². The van der Waals surface area contributed by atoms with E-state index < -0.39 is 43.0 Å². The third-order valence-electron chi connectivity index (χ3n) is 15.7. The number of fused-ring (bicyclic) bond motifs is 18. The van der Waals surface area contributed by atoms with E-state index in [4.69, 9.17) is 60.8 Å². The van der Waals surface area contributed by atoms with Crippen molar-refractivity contribution in [1.82, 2.24) is 5.11 Å². The van der Waals surface area contributed by atoms with E-state index in [9.17, 15) is 25.9 Å². The van der Waals surface area contributed by atoms with Crippen molar-refractivity contribution in [2.24, 2.45) is 30.0 Å². The number of ether oxygens (including phenoxy) is 4. The molecule has 14 rings (SSSR count). The van der Waals surface area contributed by atoms with Gasteiger partial charge >= 0.3 is 525 Å². The molecule has 0 saturated carbocycles. The van der Waals surface area contributed by atoms with Gasteiger partial charge in [-0.2, -0.15) is 0 Å². The van der Waals surface area contributed by atoms with Crippen LogP contribution in [0, 0.1) is 23.7 Å². The predicted molar refractivity (Wildman–Crippen MR) is 343 cm³/mol. The summed E-state index contributed by atoms with van der Waals surface area (Å²) in [7, 11) is -10.2. The molecule has 0 aliphatic carbocycles. The molecule has 8 aromatic carbocycles. The predicted octanol–water partition coefficient (Wildman–Crippen LogP) is 11.2. The van der Waals surface area contributed by atoms with E-state index in [2.05, 4.69) is 28.7 Å². The van der Waals surface area contributed by atoms with Crippen molar-refractivity contribution in [2.75, 3.05) is 26.4 Å². The first kappa shape index (κ1) is 59.0. The van der Waals surface area contributed by atoms with Gasteiger partial charge in [-0.3, -0.25) is 0 Å². The first-order valence-electron chi connectivity index (χ1n) is 28.5. The first-order chi connectivity index (χ1) is 43.7. The molecule has 90 heavy (non-hydrogen) atoms. The van der Waals surface area contributed by atoms with Crippen LogP contribution < -0.4 is 29.9 Å². The fourth-order valence-electron chi connectivity index (χ4n) is 11.8. The summed E-state index contributed by atoms with van der Waals surface area (Å²) in [5, 5.41) is 18.9. The van der Waals surface area contributed by atoms with E-state index in [1.165, 1.54) is 12.1 Å². The van der Waals surface area contributed by atoms with Crippen LogP contribution >= 0.6 is 12.0 Å². The van der Waals surface area contributed by atoms with Crippen LogP contribution in [-0.2, 0) is 32.2 Å². The summed E-state index contributed by atoms with van der Waals surface area (Å²) in [4.78, 5) is 33.0. The molecule has 6 heterocycles. The Morgan fingerprint density at radius 1 is 0.522 bits per heavy atom. The fraction of sp³-hybridized carbons (Fsp3) is 0.188. The summed E-state index contributed by atoms with van der Waals surface area (Å²) < 4.78 is 118. The second kappa shape index (κ2) is 23.6. The van der Waals surface area contributed by atoms with Crippen LogP contribution in [0.4, 0.5) is 11.6 Å². The van der Waals surface area contributed by atoms with Gasteiger partial charge in [0.2, 0.25) is 0 Å². The van der Waals surface area contributed by atoms with Crippen molar-refractivity contribution in [2.45, 2.75) is 63.2 Å². The van der Waals surface area contributed by atoms with Crippen molar-refractivity contribution < 1.29 is 61.8 Å². The number of hydrogen-bond donors (Lipinski definition) is 3. The molecule has 0 atom stereocenters. The minimum absolute atomic E-state index is 0.00616. The Morgan fingerprint density at radius 2 is 0.967 bits per heavy atom. The molecule has 0 saturated heterocycles. The fourth-order valence-corrected chi connectivity index (χ4v) is 21.6. The van der Waals surface area contributed by atoms with Gasteiger partial charge in [-0.15, -0.1) is 0 Å². The van der Waals surface area contributed by atoms with Gasteiger partial charge in [0.15, 0.2) is 0 Å². The summed E-state index contributed by atoms with van der Waals surface area (Å²) in [5.41, 5.74) is 1.83. The summed E-state index contributed by atoms with van der Waals surface area (Å²) in [6.07, 6.45) is 2.76. The van der Waals surface area contributed by atoms with Gasteiger partial charge in [0.05, 0.1) is 0 Å². The zero-order chi connectivity index (χ0) is 62.2. The van der Waals surface area contributed by atoms with E-state index in [0.717, 1.165) is 30.3 Å². The van der Waals surface area contributed by atoms with Crippen LogP contribution in [0.1, 0.15) is 75.6 Å². The maximum absolute atomic E-state index is 14.4. The van der Waals surface area contributed by atoms with Gasteiger partial charge in [-0.1, -0.05) is 0 Å². The summed E-state index contributed by atoms with van der Waals surface area (Å²) in [6.45, 7) is 7.65. The van der Waals surface area contributed by atoms with Crippen LogP contribution in [0.25, 0.3) is 64.6 Å².